The normalized spacial score (nSPS) is 16.7. The van der Waals surface area contributed by atoms with E-state index in [4.69, 9.17) is 0 Å². The molecule has 3 rings (SSSR count). The van der Waals surface area contributed by atoms with Gasteiger partial charge in [0.2, 0.25) is 0 Å². The lowest BCUT2D eigenvalue weighted by Gasteiger charge is -2.34. The van der Waals surface area contributed by atoms with Crippen LogP contribution in [0.1, 0.15) is 41.9 Å². The zero-order chi connectivity index (χ0) is 18.0. The molecular weight excluding hydrogens is 323 g/mol. The van der Waals surface area contributed by atoms with Crippen molar-refractivity contribution in [3.05, 3.63) is 47.5 Å². The average Bonchev–Trinajstić information content (AvgIpc) is 3.02. The minimum absolute atomic E-state index is 0.253. The molecule has 0 unspecified atom stereocenters. The smallest absolute Gasteiger partial charge is 0.270 e. The summed E-state index contributed by atoms with van der Waals surface area (Å²) in [5.41, 5.74) is 2.07. The maximum Gasteiger partial charge on any atom is 0.270 e. The number of aryl methyl sites for hydroxylation is 1. The van der Waals surface area contributed by atoms with Crippen LogP contribution in [0.2, 0.25) is 0 Å². The molecule has 1 aliphatic heterocycles. The molecule has 25 heavy (non-hydrogen) atoms. The van der Waals surface area contributed by atoms with Crippen LogP contribution < -0.4 is 10.2 Å². The predicted octanol–water partition coefficient (Wildman–Crippen LogP) is 2.01. The number of piperidine rings is 1. The highest BCUT2D eigenvalue weighted by Crippen LogP contribution is 2.30. The van der Waals surface area contributed by atoms with Crippen LogP contribution in [0.15, 0.2) is 30.5 Å². The molecule has 1 fully saturated rings. The summed E-state index contributed by atoms with van der Waals surface area (Å²) in [4.78, 5) is 14.5. The van der Waals surface area contributed by atoms with Gasteiger partial charge < -0.3 is 15.3 Å². The molecule has 1 aromatic carbocycles. The van der Waals surface area contributed by atoms with Gasteiger partial charge in [0, 0.05) is 37.6 Å². The molecule has 1 atom stereocenters. The average molecular weight is 346 g/mol. The number of anilines is 1. The Hall–Kier alpha value is -2.41. The second-order valence-corrected chi connectivity index (χ2v) is 6.46. The summed E-state index contributed by atoms with van der Waals surface area (Å²) >= 11 is 0. The van der Waals surface area contributed by atoms with E-state index < -0.39 is 0 Å². The molecule has 1 amide bonds. The van der Waals surface area contributed by atoms with Gasteiger partial charge in [0.25, 0.3) is 5.91 Å². The van der Waals surface area contributed by atoms with Gasteiger partial charge in [0.05, 0.1) is 12.1 Å². The monoisotopic (exact) mass is 346 g/mol. The molecule has 1 saturated heterocycles. The molecule has 2 aromatic rings. The maximum atomic E-state index is 13.8. The van der Waals surface area contributed by atoms with Crippen LogP contribution in [0.3, 0.4) is 0 Å². The van der Waals surface area contributed by atoms with Crippen molar-refractivity contribution < 1.29 is 14.3 Å². The number of benzene rings is 1. The van der Waals surface area contributed by atoms with Crippen molar-refractivity contribution in [3.63, 3.8) is 0 Å². The zero-order valence-corrected chi connectivity index (χ0v) is 14.4. The van der Waals surface area contributed by atoms with Gasteiger partial charge in [0.15, 0.2) is 0 Å². The summed E-state index contributed by atoms with van der Waals surface area (Å²) < 4.78 is 15.3. The molecular formula is C18H23FN4O2. The Morgan fingerprint density at radius 3 is 2.72 bits per heavy atom. The number of carbonyl (C=O) groups is 1. The minimum Gasteiger partial charge on any atom is -0.393 e. The first-order chi connectivity index (χ1) is 12.0. The fraction of sp³-hybridized carbons (Fsp3) is 0.444. The van der Waals surface area contributed by atoms with Crippen molar-refractivity contribution in [1.29, 1.82) is 0 Å². The number of carbonyl (C=O) groups excluding carboxylic acids is 1. The molecule has 0 aliphatic carbocycles. The van der Waals surface area contributed by atoms with Gasteiger partial charge >= 0.3 is 0 Å². The van der Waals surface area contributed by atoms with Crippen molar-refractivity contribution in [2.24, 2.45) is 7.05 Å². The van der Waals surface area contributed by atoms with Crippen LogP contribution >= 0.6 is 0 Å². The standard InChI is InChI=1S/C18H23FN4O2/c1-12(21-18(25)17-5-8-20-22(17)2)15-11-13(19)3-4-16(15)23-9-6-14(24)7-10-23/h3-5,8,11-12,14,24H,6-7,9-10H2,1-2H3,(H,21,25)/t12-/m0/s1. The van der Waals surface area contributed by atoms with E-state index in [1.807, 2.05) is 6.92 Å². The van der Waals surface area contributed by atoms with Crippen molar-refractivity contribution in [2.75, 3.05) is 18.0 Å². The number of nitrogens with zero attached hydrogens (tertiary/aromatic N) is 3. The van der Waals surface area contributed by atoms with Crippen LogP contribution in [0, 0.1) is 5.82 Å². The van der Waals surface area contributed by atoms with Crippen LogP contribution in [-0.2, 0) is 7.05 Å². The largest absolute Gasteiger partial charge is 0.393 e. The topological polar surface area (TPSA) is 70.4 Å². The molecule has 0 bridgehead atoms. The van der Waals surface area contributed by atoms with E-state index in [0.717, 1.165) is 11.3 Å². The van der Waals surface area contributed by atoms with Crippen LogP contribution in [-0.4, -0.2) is 40.0 Å². The number of rotatable bonds is 4. The number of nitrogens with one attached hydrogen (secondary N) is 1. The van der Waals surface area contributed by atoms with E-state index in [1.54, 1.807) is 25.4 Å². The Morgan fingerprint density at radius 2 is 2.08 bits per heavy atom. The van der Waals surface area contributed by atoms with Crippen LogP contribution in [0.5, 0.6) is 0 Å². The third-order valence-electron chi connectivity index (χ3n) is 4.66. The fourth-order valence-corrected chi connectivity index (χ4v) is 3.21. The summed E-state index contributed by atoms with van der Waals surface area (Å²) in [6.45, 7) is 3.26. The first-order valence-corrected chi connectivity index (χ1v) is 8.47. The number of halogens is 1. The lowest BCUT2D eigenvalue weighted by Crippen LogP contribution is -2.37. The van der Waals surface area contributed by atoms with Gasteiger partial charge in [-0.2, -0.15) is 5.10 Å². The third kappa shape index (κ3) is 3.82. The fourth-order valence-electron chi connectivity index (χ4n) is 3.21. The van der Waals surface area contributed by atoms with Crippen LogP contribution in [0.4, 0.5) is 10.1 Å². The molecule has 6 nitrogen and oxygen atoms in total. The molecule has 2 heterocycles. The molecule has 134 valence electrons. The van der Waals surface area contributed by atoms with Gasteiger partial charge in [-0.3, -0.25) is 9.48 Å². The second-order valence-electron chi connectivity index (χ2n) is 6.46. The summed E-state index contributed by atoms with van der Waals surface area (Å²) in [6, 6.07) is 5.92. The quantitative estimate of drug-likeness (QED) is 0.888. The zero-order valence-electron chi connectivity index (χ0n) is 14.4. The number of aromatic nitrogens is 2. The van der Waals surface area contributed by atoms with Gasteiger partial charge in [-0.25, -0.2) is 4.39 Å². The van der Waals surface area contributed by atoms with Gasteiger partial charge in [0.1, 0.15) is 11.5 Å². The Labute approximate surface area is 146 Å². The van der Waals surface area contributed by atoms with Crippen LogP contribution in [0.25, 0.3) is 0 Å². The summed E-state index contributed by atoms with van der Waals surface area (Å²) in [5.74, 6) is -0.589. The van der Waals surface area contributed by atoms with Crippen molar-refractivity contribution >= 4 is 11.6 Å². The Kier molecular flexibility index (Phi) is 5.03. The van der Waals surface area contributed by atoms with E-state index in [0.29, 0.717) is 31.6 Å². The Bertz CT molecular complexity index is 753. The van der Waals surface area contributed by atoms with Crippen molar-refractivity contribution in [2.45, 2.75) is 31.9 Å². The van der Waals surface area contributed by atoms with Gasteiger partial charge in [-0.1, -0.05) is 0 Å². The molecule has 1 aliphatic rings. The minimum atomic E-state index is -0.361. The maximum absolute atomic E-state index is 13.8. The molecule has 0 radical (unpaired) electrons. The molecule has 7 heteroatoms. The summed E-state index contributed by atoms with van der Waals surface area (Å²) in [7, 11) is 1.70. The first-order valence-electron chi connectivity index (χ1n) is 8.47. The highest BCUT2D eigenvalue weighted by atomic mass is 19.1. The molecule has 2 N–H and O–H groups in total. The Morgan fingerprint density at radius 1 is 1.36 bits per heavy atom. The Balaban J connectivity index is 1.81. The molecule has 0 spiro atoms. The van der Waals surface area contributed by atoms with E-state index in [1.165, 1.54) is 16.8 Å². The van der Waals surface area contributed by atoms with Crippen molar-refractivity contribution in [3.8, 4) is 0 Å². The number of hydrogen-bond donors (Lipinski definition) is 2. The van der Waals surface area contributed by atoms with E-state index in [9.17, 15) is 14.3 Å². The van der Waals surface area contributed by atoms with E-state index in [-0.39, 0.29) is 23.9 Å². The molecule has 1 aromatic heterocycles. The van der Waals surface area contributed by atoms with Gasteiger partial charge in [-0.05, 0) is 44.0 Å². The van der Waals surface area contributed by atoms with E-state index >= 15 is 0 Å². The predicted molar refractivity (Wildman–Crippen MR) is 92.9 cm³/mol. The summed E-state index contributed by atoms with van der Waals surface area (Å²) in [6.07, 6.45) is 2.66. The number of amides is 1. The SMILES string of the molecule is C[C@H](NC(=O)c1ccnn1C)c1cc(F)ccc1N1CCC(O)CC1. The first kappa shape index (κ1) is 17.4. The lowest BCUT2D eigenvalue weighted by atomic mass is 10.0. The highest BCUT2D eigenvalue weighted by Gasteiger charge is 2.23. The number of aliphatic hydroxyl groups excluding tert-OH is 1. The summed E-state index contributed by atoms with van der Waals surface area (Å²) in [5, 5.41) is 16.6. The van der Waals surface area contributed by atoms with Gasteiger partial charge in [-0.15, -0.1) is 0 Å². The third-order valence-corrected chi connectivity index (χ3v) is 4.66. The number of aliphatic hydroxyl groups is 1. The second kappa shape index (κ2) is 7.23. The molecule has 0 saturated carbocycles. The van der Waals surface area contributed by atoms with E-state index in [2.05, 4.69) is 15.3 Å². The highest BCUT2D eigenvalue weighted by molar-refractivity contribution is 5.92. The lowest BCUT2D eigenvalue weighted by molar-refractivity contribution is 0.0930. The van der Waals surface area contributed by atoms with Crippen molar-refractivity contribution in [1.82, 2.24) is 15.1 Å². The number of hydrogen-bond acceptors (Lipinski definition) is 4.